The van der Waals surface area contributed by atoms with Crippen molar-refractivity contribution in [1.82, 2.24) is 0 Å². The van der Waals surface area contributed by atoms with Crippen molar-refractivity contribution in [2.24, 2.45) is 0 Å². The Morgan fingerprint density at radius 1 is 0.333 bits per heavy atom. The molecule has 0 amide bonds. The van der Waals surface area contributed by atoms with Gasteiger partial charge in [-0.3, -0.25) is 0 Å². The summed E-state index contributed by atoms with van der Waals surface area (Å²) in [4.78, 5) is 0. The van der Waals surface area contributed by atoms with Gasteiger partial charge in [0, 0.05) is 0 Å². The second-order valence-corrected chi connectivity index (χ2v) is 0. The summed E-state index contributed by atoms with van der Waals surface area (Å²) >= 11 is 0. The SMILES string of the molecule is [C-]#N.[C-]#N.[C-]#N.[C-]#N.[C-]#N.[C-]#N.[Fe+2].[Hg+2].[Hg+2]. The van der Waals surface area contributed by atoms with Crippen LogP contribution in [0.2, 0.25) is 0 Å². The van der Waals surface area contributed by atoms with Crippen LogP contribution >= 0.6 is 0 Å². The molecule has 0 aliphatic heterocycles. The molecule has 0 aliphatic rings. The topological polar surface area (TPSA) is 143 Å². The molecule has 0 atom stereocenters. The first kappa shape index (κ1) is 89.6. The van der Waals surface area contributed by atoms with Crippen LogP contribution in [0.5, 0.6) is 0 Å². The van der Waals surface area contributed by atoms with Crippen molar-refractivity contribution in [2.45, 2.75) is 0 Å². The van der Waals surface area contributed by atoms with Crippen LogP contribution in [0.4, 0.5) is 0 Å². The Labute approximate surface area is 142 Å². The van der Waals surface area contributed by atoms with Gasteiger partial charge in [-0.15, -0.1) is 0 Å². The fourth-order valence-electron chi connectivity index (χ4n) is 0. The summed E-state index contributed by atoms with van der Waals surface area (Å²) in [5, 5.41) is 37.5. The monoisotopic (exact) mass is 616 g/mol. The summed E-state index contributed by atoms with van der Waals surface area (Å²) in [7, 11) is 0. The van der Waals surface area contributed by atoms with Crippen molar-refractivity contribution >= 4 is 0 Å². The van der Waals surface area contributed by atoms with E-state index in [1.807, 2.05) is 0 Å². The van der Waals surface area contributed by atoms with Gasteiger partial charge in [-0.25, -0.2) is 0 Å². The van der Waals surface area contributed by atoms with E-state index in [0.29, 0.717) is 0 Å². The molecule has 0 heterocycles. The Kier molecular flexibility index (Phi) is 26900. The summed E-state index contributed by atoms with van der Waals surface area (Å²) < 4.78 is 0. The maximum Gasteiger partial charge on any atom is 2.00 e. The van der Waals surface area contributed by atoms with E-state index in [-0.39, 0.29) is 72.4 Å². The molecule has 0 aromatic heterocycles. The summed E-state index contributed by atoms with van der Waals surface area (Å²) in [6, 6.07) is 0. The van der Waals surface area contributed by atoms with E-state index in [9.17, 15) is 0 Å². The first-order valence-corrected chi connectivity index (χ1v) is 1.34. The summed E-state index contributed by atoms with van der Waals surface area (Å²) in [6.45, 7) is 28.5. The standard InChI is InChI=1S/6CN.Fe.2Hg/c6*1-2;;;/q6*-1;3*+2. The molecule has 0 aromatic carbocycles. The first-order chi connectivity index (χ1) is 6.00. The van der Waals surface area contributed by atoms with Gasteiger partial charge in [0.2, 0.25) is 0 Å². The zero-order valence-electron chi connectivity index (χ0n) is 7.45. The second kappa shape index (κ2) is 4510. The Morgan fingerprint density at radius 2 is 0.333 bits per heavy atom. The zero-order valence-corrected chi connectivity index (χ0v) is 19.6. The first-order valence-electron chi connectivity index (χ1n) is 1.34. The fourth-order valence-corrected chi connectivity index (χ4v) is 0. The molecule has 0 fully saturated rings. The van der Waals surface area contributed by atoms with Crippen LogP contribution in [0.25, 0.3) is 0 Å². The fraction of sp³-hybridized carbons (Fsp3) is 0. The van der Waals surface area contributed by atoms with Crippen molar-refractivity contribution in [3.8, 4) is 0 Å². The molecule has 0 N–H and O–H groups in total. The maximum absolute atomic E-state index is 6.25. The number of hydrogen-bond acceptors (Lipinski definition) is 6. The van der Waals surface area contributed by atoms with E-state index in [1.54, 1.807) is 0 Å². The normalized spacial score (nSPS) is 0.800. The maximum atomic E-state index is 6.25. The van der Waals surface area contributed by atoms with Crippen LogP contribution in [-0.4, -0.2) is 0 Å². The van der Waals surface area contributed by atoms with Crippen LogP contribution in [0.3, 0.4) is 0 Å². The molecule has 9 heteroatoms. The molecule has 0 rings (SSSR count). The number of hydrogen-bond donors (Lipinski definition) is 0. The summed E-state index contributed by atoms with van der Waals surface area (Å²) in [5.41, 5.74) is 0. The van der Waals surface area contributed by atoms with Crippen molar-refractivity contribution in [3.05, 3.63) is 39.4 Å². The van der Waals surface area contributed by atoms with E-state index >= 15 is 0 Å². The van der Waals surface area contributed by atoms with Crippen LogP contribution in [0.15, 0.2) is 0 Å². The van der Waals surface area contributed by atoms with E-state index < -0.39 is 0 Å². The second-order valence-electron chi connectivity index (χ2n) is 0. The van der Waals surface area contributed by atoms with Crippen molar-refractivity contribution in [1.29, 1.82) is 31.6 Å². The largest absolute Gasteiger partial charge is 2.00 e. The predicted molar refractivity (Wildman–Crippen MR) is 29.8 cm³/mol. The van der Waals surface area contributed by atoms with E-state index in [0.717, 1.165) is 0 Å². The Balaban J connectivity index is -0.00000000396. The third-order valence-electron chi connectivity index (χ3n) is 0. The molecule has 6 nitrogen and oxygen atoms in total. The van der Waals surface area contributed by atoms with Crippen molar-refractivity contribution in [2.75, 3.05) is 0 Å². The minimum Gasteiger partial charge on any atom is -0.512 e. The van der Waals surface area contributed by atoms with Gasteiger partial charge >= 0.3 is 72.4 Å². The average Bonchev–Trinajstić information content (AvgIpc) is 2.33. The average molecular weight is 613 g/mol. The van der Waals surface area contributed by atoms with Gasteiger partial charge in [0.05, 0.1) is 0 Å². The Bertz CT molecular complexity index is 101. The quantitative estimate of drug-likeness (QED) is 0.289. The molecule has 0 bridgehead atoms. The molecule has 0 saturated carbocycles. The molecule has 66 valence electrons. The molecule has 0 unspecified atom stereocenters. The molecular formula is C6FeHg2N6. The molecular weight excluding hydrogens is 613 g/mol. The minimum atomic E-state index is 0. The van der Waals surface area contributed by atoms with Crippen LogP contribution in [0, 0.1) is 71.0 Å². The molecule has 0 aliphatic carbocycles. The van der Waals surface area contributed by atoms with Crippen LogP contribution < -0.4 is 0 Å². The van der Waals surface area contributed by atoms with Gasteiger partial charge in [-0.05, 0) is 0 Å². The zero-order chi connectivity index (χ0) is 12.0. The van der Waals surface area contributed by atoms with Crippen molar-refractivity contribution in [3.63, 3.8) is 0 Å². The summed E-state index contributed by atoms with van der Waals surface area (Å²) in [5.74, 6) is 0. The molecule has 0 radical (unpaired) electrons. The number of nitrogens with zero attached hydrogens (tertiary/aromatic N) is 6. The molecule has 15 heavy (non-hydrogen) atoms. The van der Waals surface area contributed by atoms with E-state index in [2.05, 4.69) is 0 Å². The molecule has 0 saturated heterocycles. The van der Waals surface area contributed by atoms with Gasteiger partial charge in [0.1, 0.15) is 0 Å². The third-order valence-corrected chi connectivity index (χ3v) is 0. The van der Waals surface area contributed by atoms with E-state index in [4.69, 9.17) is 71.0 Å². The third kappa shape index (κ3) is 3810. The molecule has 0 spiro atoms. The van der Waals surface area contributed by atoms with Gasteiger partial charge < -0.3 is 71.0 Å². The smallest absolute Gasteiger partial charge is 0.512 e. The Morgan fingerprint density at radius 3 is 0.333 bits per heavy atom. The van der Waals surface area contributed by atoms with Gasteiger partial charge in [0.15, 0.2) is 0 Å². The number of rotatable bonds is 0. The minimum absolute atomic E-state index is 0. The van der Waals surface area contributed by atoms with E-state index in [1.165, 1.54) is 0 Å². The predicted octanol–water partition coefficient (Wildman–Crippen LogP) is 0.571. The van der Waals surface area contributed by atoms with Gasteiger partial charge in [-0.1, -0.05) is 0 Å². The Hall–Kier alpha value is -0.670. The summed E-state index contributed by atoms with van der Waals surface area (Å²) in [6.07, 6.45) is 0. The van der Waals surface area contributed by atoms with Crippen molar-refractivity contribution < 1.29 is 72.4 Å². The van der Waals surface area contributed by atoms with Crippen LogP contribution in [0.1, 0.15) is 0 Å². The van der Waals surface area contributed by atoms with Gasteiger partial charge in [-0.2, -0.15) is 0 Å². The van der Waals surface area contributed by atoms with Gasteiger partial charge in [0.25, 0.3) is 0 Å². The van der Waals surface area contributed by atoms with Crippen LogP contribution in [-0.2, 0) is 72.4 Å². The molecule has 0 aromatic rings.